The molecule has 1 aliphatic rings. The largest absolute Gasteiger partial charge is 0.466 e. The lowest BCUT2D eigenvalue weighted by atomic mass is 10.1. The number of rotatable bonds is 10. The van der Waals surface area contributed by atoms with E-state index in [0.717, 1.165) is 18.4 Å². The predicted octanol–water partition coefficient (Wildman–Crippen LogP) is 2.69. The van der Waals surface area contributed by atoms with Crippen LogP contribution in [0.3, 0.4) is 0 Å². The third-order valence-corrected chi connectivity index (χ3v) is 6.21. The Kier molecular flexibility index (Phi) is 8.06. The lowest BCUT2D eigenvalue weighted by Crippen LogP contribution is -2.45. The van der Waals surface area contributed by atoms with E-state index in [1.807, 2.05) is 19.1 Å². The van der Waals surface area contributed by atoms with Crippen molar-refractivity contribution in [3.63, 3.8) is 0 Å². The number of esters is 1. The van der Waals surface area contributed by atoms with E-state index in [-0.39, 0.29) is 10.9 Å². The highest BCUT2D eigenvalue weighted by atomic mass is 32.2. The van der Waals surface area contributed by atoms with Crippen LogP contribution >= 0.6 is 0 Å². The van der Waals surface area contributed by atoms with Gasteiger partial charge in [0.1, 0.15) is 4.90 Å². The topological polar surface area (TPSA) is 102 Å². The molecule has 2 N–H and O–H groups in total. The first-order chi connectivity index (χ1) is 13.7. The molecule has 9 heteroatoms. The van der Waals surface area contributed by atoms with Crippen LogP contribution in [-0.2, 0) is 23.8 Å². The molecule has 1 aromatic carbocycles. The maximum Gasteiger partial charge on any atom is 0.305 e. The monoisotopic (exact) mass is 425 g/mol. The number of nitrogens with two attached hydrogens (primary N) is 1. The summed E-state index contributed by atoms with van der Waals surface area (Å²) in [5, 5.41) is 1.23. The van der Waals surface area contributed by atoms with Gasteiger partial charge >= 0.3 is 16.1 Å². The lowest BCUT2D eigenvalue weighted by Gasteiger charge is -2.29. The molecule has 1 atom stereocenters. The van der Waals surface area contributed by atoms with Gasteiger partial charge in [-0.1, -0.05) is 24.1 Å². The number of carbonyl (C=O) groups excluding carboxylic acids is 1. The molecule has 0 radical (unpaired) electrons. The Labute approximate surface area is 173 Å². The van der Waals surface area contributed by atoms with Crippen LogP contribution < -0.4 is 5.84 Å². The van der Waals surface area contributed by atoms with E-state index in [4.69, 9.17) is 14.8 Å². The van der Waals surface area contributed by atoms with Crippen molar-refractivity contribution < 1.29 is 22.1 Å². The number of unbranched alkanes of at least 4 members (excludes halogenated alkanes) is 2. The number of hydrazine groups is 1. The summed E-state index contributed by atoms with van der Waals surface area (Å²) in [6, 6.07) is 3.63. The Morgan fingerprint density at radius 3 is 2.38 bits per heavy atom. The number of benzene rings is 1. The van der Waals surface area contributed by atoms with Gasteiger partial charge < -0.3 is 9.64 Å². The van der Waals surface area contributed by atoms with Gasteiger partial charge in [-0.05, 0) is 51.7 Å². The zero-order valence-corrected chi connectivity index (χ0v) is 18.4. The van der Waals surface area contributed by atoms with Gasteiger partial charge in [0.2, 0.25) is 6.35 Å². The Hall–Kier alpha value is -2.10. The second kappa shape index (κ2) is 10.1. The van der Waals surface area contributed by atoms with Gasteiger partial charge in [-0.3, -0.25) is 9.80 Å². The summed E-state index contributed by atoms with van der Waals surface area (Å²) in [5.41, 5.74) is 2.27. The Balaban J connectivity index is 1.97. The molecule has 1 heterocycles. The zero-order chi connectivity index (χ0) is 21.6. The van der Waals surface area contributed by atoms with Crippen molar-refractivity contribution in [3.8, 4) is 0 Å². The van der Waals surface area contributed by atoms with Crippen LogP contribution in [0.2, 0.25) is 0 Å². The number of hydrogen-bond donors (Lipinski definition) is 1. The van der Waals surface area contributed by atoms with Crippen molar-refractivity contribution in [2.24, 2.45) is 5.84 Å². The van der Waals surface area contributed by atoms with Gasteiger partial charge in [-0.2, -0.15) is 8.42 Å². The van der Waals surface area contributed by atoms with Crippen LogP contribution in [0.4, 0.5) is 0 Å². The van der Waals surface area contributed by atoms with Crippen LogP contribution in [-0.4, -0.2) is 43.8 Å². The Morgan fingerprint density at radius 1 is 1.10 bits per heavy atom. The van der Waals surface area contributed by atoms with Crippen LogP contribution in [0.1, 0.15) is 49.3 Å². The SMILES string of the molecule is CCOC(=O)CCCCCN1C=CN(N)C1OS(=O)(=O)c1c(C)cc(C)cc1C. The number of carbonyl (C=O) groups is 1. The fourth-order valence-corrected chi connectivity index (χ4v) is 4.91. The molecule has 0 fully saturated rings. The molecule has 8 nitrogen and oxygen atoms in total. The molecule has 0 amide bonds. The molecule has 0 bridgehead atoms. The first-order valence-corrected chi connectivity index (χ1v) is 11.2. The van der Waals surface area contributed by atoms with Gasteiger partial charge in [0.15, 0.2) is 0 Å². The summed E-state index contributed by atoms with van der Waals surface area (Å²) in [7, 11) is -4.00. The number of aryl methyl sites for hydroxylation is 3. The molecular weight excluding hydrogens is 394 g/mol. The maximum atomic E-state index is 12.9. The molecular formula is C20H31N3O5S. The average molecular weight is 426 g/mol. The molecule has 2 rings (SSSR count). The van der Waals surface area contributed by atoms with Crippen molar-refractivity contribution >= 4 is 16.1 Å². The minimum Gasteiger partial charge on any atom is -0.466 e. The van der Waals surface area contributed by atoms with E-state index < -0.39 is 16.5 Å². The fraction of sp³-hybridized carbons (Fsp3) is 0.550. The van der Waals surface area contributed by atoms with Crippen molar-refractivity contribution in [2.45, 2.75) is 64.6 Å². The summed E-state index contributed by atoms with van der Waals surface area (Å²) >= 11 is 0. The van der Waals surface area contributed by atoms with Crippen LogP contribution in [0.5, 0.6) is 0 Å². The molecule has 1 aliphatic heterocycles. The highest BCUT2D eigenvalue weighted by molar-refractivity contribution is 7.86. The first-order valence-electron chi connectivity index (χ1n) is 9.79. The molecule has 1 unspecified atom stereocenters. The van der Waals surface area contributed by atoms with E-state index >= 15 is 0 Å². The van der Waals surface area contributed by atoms with Crippen molar-refractivity contribution in [1.82, 2.24) is 9.91 Å². The van der Waals surface area contributed by atoms with Gasteiger partial charge in [-0.15, -0.1) is 0 Å². The summed E-state index contributed by atoms with van der Waals surface area (Å²) in [6.07, 6.45) is 5.02. The van der Waals surface area contributed by atoms with E-state index in [2.05, 4.69) is 0 Å². The van der Waals surface area contributed by atoms with Crippen molar-refractivity contribution in [2.75, 3.05) is 13.2 Å². The molecule has 162 valence electrons. The zero-order valence-electron chi connectivity index (χ0n) is 17.6. The van der Waals surface area contributed by atoms with E-state index in [1.165, 1.54) is 5.01 Å². The molecule has 0 saturated carbocycles. The fourth-order valence-electron chi connectivity index (χ4n) is 3.47. The molecule has 0 aromatic heterocycles. The first kappa shape index (κ1) is 23.2. The molecule has 29 heavy (non-hydrogen) atoms. The Morgan fingerprint density at radius 2 is 1.76 bits per heavy atom. The summed E-state index contributed by atoms with van der Waals surface area (Å²) in [4.78, 5) is 13.3. The second-order valence-electron chi connectivity index (χ2n) is 7.20. The third-order valence-electron chi connectivity index (χ3n) is 4.64. The minimum absolute atomic E-state index is 0.179. The standard InChI is InChI=1S/C20H31N3O5S/c1-5-27-18(24)9-7-6-8-10-22-11-12-23(21)20(22)28-29(25,26)19-16(3)13-15(2)14-17(19)4/h11-14,20H,5-10,21H2,1-4H3. The number of hydrogen-bond acceptors (Lipinski definition) is 8. The smallest absolute Gasteiger partial charge is 0.305 e. The second-order valence-corrected chi connectivity index (χ2v) is 8.71. The third kappa shape index (κ3) is 6.19. The quantitative estimate of drug-likeness (QED) is 0.264. The summed E-state index contributed by atoms with van der Waals surface area (Å²) < 4.78 is 36.3. The lowest BCUT2D eigenvalue weighted by molar-refractivity contribution is -0.143. The highest BCUT2D eigenvalue weighted by Gasteiger charge is 2.32. The number of nitrogens with zero attached hydrogens (tertiary/aromatic N) is 2. The predicted molar refractivity (Wildman–Crippen MR) is 110 cm³/mol. The van der Waals surface area contributed by atoms with Crippen LogP contribution in [0.25, 0.3) is 0 Å². The maximum absolute atomic E-state index is 12.9. The van der Waals surface area contributed by atoms with Gasteiger partial charge in [0.05, 0.1) is 6.61 Å². The van der Waals surface area contributed by atoms with Crippen molar-refractivity contribution in [3.05, 3.63) is 41.2 Å². The molecule has 0 spiro atoms. The normalized spacial score (nSPS) is 16.5. The summed E-state index contributed by atoms with van der Waals surface area (Å²) in [5.74, 6) is 5.72. The number of ether oxygens (including phenoxy) is 1. The van der Waals surface area contributed by atoms with Gasteiger partial charge in [0.25, 0.3) is 0 Å². The highest BCUT2D eigenvalue weighted by Crippen LogP contribution is 2.27. The average Bonchev–Trinajstić information content (AvgIpc) is 2.93. The van der Waals surface area contributed by atoms with Gasteiger partial charge in [-0.25, -0.2) is 10.0 Å². The van der Waals surface area contributed by atoms with E-state index in [1.54, 1.807) is 38.1 Å². The molecule has 0 aliphatic carbocycles. The molecule has 0 saturated heterocycles. The van der Waals surface area contributed by atoms with E-state index in [0.29, 0.717) is 37.1 Å². The van der Waals surface area contributed by atoms with Crippen LogP contribution in [0, 0.1) is 20.8 Å². The van der Waals surface area contributed by atoms with Crippen molar-refractivity contribution in [1.29, 1.82) is 0 Å². The minimum atomic E-state index is -4.00. The molecule has 1 aromatic rings. The van der Waals surface area contributed by atoms with Gasteiger partial charge in [0, 0.05) is 25.4 Å². The summed E-state index contributed by atoms with van der Waals surface area (Å²) in [6.45, 7) is 8.15. The Bertz CT molecular complexity index is 831. The van der Waals surface area contributed by atoms with E-state index in [9.17, 15) is 13.2 Å². The van der Waals surface area contributed by atoms with Crippen LogP contribution in [0.15, 0.2) is 29.4 Å².